The first-order valence-electron chi connectivity index (χ1n) is 9.97. The summed E-state index contributed by atoms with van der Waals surface area (Å²) in [6.07, 6.45) is 1.72. The van der Waals surface area contributed by atoms with Crippen molar-refractivity contribution >= 4 is 45.3 Å². The predicted octanol–water partition coefficient (Wildman–Crippen LogP) is 4.49. The van der Waals surface area contributed by atoms with Gasteiger partial charge in [0.05, 0.1) is 5.56 Å². The summed E-state index contributed by atoms with van der Waals surface area (Å²) in [7, 11) is 3.94. The van der Waals surface area contributed by atoms with Crippen molar-refractivity contribution in [1.82, 2.24) is 10.4 Å². The summed E-state index contributed by atoms with van der Waals surface area (Å²) >= 11 is 3.38. The largest absolute Gasteiger partial charge is 0.378 e. The van der Waals surface area contributed by atoms with Crippen molar-refractivity contribution in [3.63, 3.8) is 0 Å². The quantitative estimate of drug-likeness (QED) is 0.538. The molecular weight excluding hydrogens is 468 g/mol. The third kappa shape index (κ3) is 4.48. The molecule has 0 unspecified atom stereocenters. The van der Waals surface area contributed by atoms with Crippen LogP contribution in [-0.4, -0.2) is 36.8 Å². The number of anilines is 1. The van der Waals surface area contributed by atoms with Gasteiger partial charge >= 0.3 is 0 Å². The van der Waals surface area contributed by atoms with Crippen LogP contribution >= 0.6 is 15.9 Å². The summed E-state index contributed by atoms with van der Waals surface area (Å²) in [5.41, 5.74) is 6.00. The second kappa shape index (κ2) is 9.20. The van der Waals surface area contributed by atoms with Gasteiger partial charge < -0.3 is 4.90 Å². The molecule has 1 N–H and O–H groups in total. The number of nitrogens with one attached hydrogen (secondary N) is 1. The maximum atomic E-state index is 13.2. The third-order valence-corrected chi connectivity index (χ3v) is 5.63. The van der Waals surface area contributed by atoms with Gasteiger partial charge in [-0.25, -0.2) is 4.99 Å². The standard InChI is InChI=1S/C25H21BrN4O2/c1-29(2)19-14-12-17(13-15-19)16-22-25(32)30(23(27-22)18-8-4-3-5-9-18)28-24(31)20-10-6-7-11-21(20)26/h3-16H,1-2H3,(H,28,31)/b22-16+. The average molecular weight is 489 g/mol. The van der Waals surface area contributed by atoms with Gasteiger partial charge in [0.2, 0.25) is 0 Å². The number of carbonyl (C=O) groups excluding carboxylic acids is 2. The SMILES string of the molecule is CN(C)c1ccc(/C=C2/N=C(c3ccccc3)N(NC(=O)c3ccccc3Br)C2=O)cc1. The first-order chi connectivity index (χ1) is 15.4. The fraction of sp³-hybridized carbons (Fsp3) is 0.0800. The van der Waals surface area contributed by atoms with E-state index in [1.807, 2.05) is 79.7 Å². The van der Waals surface area contributed by atoms with Gasteiger partial charge in [0.15, 0.2) is 5.84 Å². The Morgan fingerprint density at radius 3 is 2.28 bits per heavy atom. The van der Waals surface area contributed by atoms with Crippen molar-refractivity contribution in [3.05, 3.63) is 106 Å². The summed E-state index contributed by atoms with van der Waals surface area (Å²) in [6.45, 7) is 0. The Morgan fingerprint density at radius 2 is 1.62 bits per heavy atom. The summed E-state index contributed by atoms with van der Waals surface area (Å²) in [6, 6.07) is 24.1. The molecule has 0 bridgehead atoms. The molecule has 6 nitrogen and oxygen atoms in total. The lowest BCUT2D eigenvalue weighted by Gasteiger charge is -2.19. The Kier molecular flexibility index (Phi) is 6.18. The van der Waals surface area contributed by atoms with Gasteiger partial charge in [0.1, 0.15) is 5.70 Å². The van der Waals surface area contributed by atoms with Crippen LogP contribution in [0.1, 0.15) is 21.5 Å². The van der Waals surface area contributed by atoms with E-state index in [1.54, 1.807) is 24.3 Å². The highest BCUT2D eigenvalue weighted by Crippen LogP contribution is 2.23. The van der Waals surface area contributed by atoms with Crippen LogP contribution in [0.2, 0.25) is 0 Å². The zero-order valence-electron chi connectivity index (χ0n) is 17.6. The van der Waals surface area contributed by atoms with Gasteiger partial charge in [-0.05, 0) is 51.8 Å². The number of amides is 2. The van der Waals surface area contributed by atoms with Crippen LogP contribution in [0.3, 0.4) is 0 Å². The highest BCUT2D eigenvalue weighted by Gasteiger charge is 2.33. The Balaban J connectivity index is 1.68. The molecule has 0 radical (unpaired) electrons. The molecule has 0 spiro atoms. The Hall–Kier alpha value is -3.71. The first-order valence-corrected chi connectivity index (χ1v) is 10.8. The summed E-state index contributed by atoms with van der Waals surface area (Å²) in [5.74, 6) is -0.445. The van der Waals surface area contributed by atoms with Crippen molar-refractivity contribution in [2.75, 3.05) is 19.0 Å². The second-order valence-electron chi connectivity index (χ2n) is 7.38. The molecule has 0 fully saturated rings. The summed E-state index contributed by atoms with van der Waals surface area (Å²) in [4.78, 5) is 32.7. The molecular formula is C25H21BrN4O2. The molecule has 2 amide bonds. The van der Waals surface area contributed by atoms with Gasteiger partial charge in [-0.3, -0.25) is 15.0 Å². The van der Waals surface area contributed by atoms with Crippen molar-refractivity contribution in [2.24, 2.45) is 4.99 Å². The number of rotatable bonds is 5. The molecule has 4 rings (SSSR count). The van der Waals surface area contributed by atoms with Crippen LogP contribution < -0.4 is 10.3 Å². The van der Waals surface area contributed by atoms with E-state index in [1.165, 1.54) is 5.01 Å². The van der Waals surface area contributed by atoms with Crippen molar-refractivity contribution in [3.8, 4) is 0 Å². The van der Waals surface area contributed by atoms with Gasteiger partial charge in [0, 0.05) is 29.8 Å². The second-order valence-corrected chi connectivity index (χ2v) is 8.23. The van der Waals surface area contributed by atoms with E-state index >= 15 is 0 Å². The lowest BCUT2D eigenvalue weighted by atomic mass is 10.1. The van der Waals surface area contributed by atoms with Gasteiger partial charge in [-0.2, -0.15) is 5.01 Å². The maximum absolute atomic E-state index is 13.2. The van der Waals surface area contributed by atoms with E-state index in [0.717, 1.165) is 16.8 Å². The van der Waals surface area contributed by atoms with Crippen LogP contribution in [0.15, 0.2) is 94.0 Å². The monoisotopic (exact) mass is 488 g/mol. The number of aliphatic imine (C=N–C) groups is 1. The van der Waals surface area contributed by atoms with Gasteiger partial charge in [-0.15, -0.1) is 0 Å². The third-order valence-electron chi connectivity index (χ3n) is 4.94. The van der Waals surface area contributed by atoms with Crippen LogP contribution in [0, 0.1) is 0 Å². The fourth-order valence-corrected chi connectivity index (χ4v) is 3.70. The number of hydrogen-bond donors (Lipinski definition) is 1. The topological polar surface area (TPSA) is 65.0 Å². The van der Waals surface area contributed by atoms with Crippen LogP contribution in [-0.2, 0) is 4.79 Å². The first kappa shape index (κ1) is 21.5. The molecule has 3 aromatic carbocycles. The molecule has 1 heterocycles. The van der Waals surface area contributed by atoms with Crippen molar-refractivity contribution in [2.45, 2.75) is 0 Å². The molecule has 3 aromatic rings. The molecule has 0 saturated carbocycles. The molecule has 160 valence electrons. The van der Waals surface area contributed by atoms with Crippen LogP contribution in [0.4, 0.5) is 5.69 Å². The average Bonchev–Trinajstić information content (AvgIpc) is 3.10. The highest BCUT2D eigenvalue weighted by molar-refractivity contribution is 9.10. The Bertz CT molecular complexity index is 1220. The molecule has 0 saturated heterocycles. The highest BCUT2D eigenvalue weighted by atomic mass is 79.9. The fourth-order valence-electron chi connectivity index (χ4n) is 3.23. The molecule has 1 aliphatic heterocycles. The maximum Gasteiger partial charge on any atom is 0.297 e. The summed E-state index contributed by atoms with van der Waals surface area (Å²) < 4.78 is 0.638. The predicted molar refractivity (Wildman–Crippen MR) is 130 cm³/mol. The molecule has 0 aromatic heterocycles. The van der Waals surface area contributed by atoms with E-state index in [9.17, 15) is 9.59 Å². The molecule has 1 aliphatic rings. The number of amidine groups is 1. The smallest absolute Gasteiger partial charge is 0.297 e. The lowest BCUT2D eigenvalue weighted by molar-refractivity contribution is -0.124. The van der Waals surface area contributed by atoms with Crippen molar-refractivity contribution < 1.29 is 9.59 Å². The normalized spacial score (nSPS) is 14.5. The minimum atomic E-state index is -0.411. The molecule has 32 heavy (non-hydrogen) atoms. The minimum absolute atomic E-state index is 0.244. The number of hydrazine groups is 1. The number of nitrogens with zero attached hydrogens (tertiary/aromatic N) is 3. The van der Waals surface area contributed by atoms with E-state index in [2.05, 4.69) is 26.3 Å². The molecule has 0 atom stereocenters. The van der Waals surface area contributed by atoms with Crippen LogP contribution in [0.5, 0.6) is 0 Å². The lowest BCUT2D eigenvalue weighted by Crippen LogP contribution is -2.47. The van der Waals surface area contributed by atoms with Gasteiger partial charge in [0.25, 0.3) is 11.8 Å². The molecule has 7 heteroatoms. The zero-order valence-corrected chi connectivity index (χ0v) is 19.2. The Morgan fingerprint density at radius 1 is 0.969 bits per heavy atom. The van der Waals surface area contributed by atoms with E-state index in [0.29, 0.717) is 15.9 Å². The van der Waals surface area contributed by atoms with Crippen LogP contribution in [0.25, 0.3) is 6.08 Å². The zero-order chi connectivity index (χ0) is 22.7. The van der Waals surface area contributed by atoms with Crippen molar-refractivity contribution in [1.29, 1.82) is 0 Å². The van der Waals surface area contributed by atoms with E-state index in [4.69, 9.17) is 0 Å². The minimum Gasteiger partial charge on any atom is -0.378 e. The number of benzene rings is 3. The Labute approximate surface area is 195 Å². The number of hydrogen-bond acceptors (Lipinski definition) is 4. The number of carbonyl (C=O) groups is 2. The van der Waals surface area contributed by atoms with E-state index < -0.39 is 11.8 Å². The van der Waals surface area contributed by atoms with E-state index in [-0.39, 0.29) is 5.70 Å². The van der Waals surface area contributed by atoms with Gasteiger partial charge in [-0.1, -0.05) is 54.6 Å². The molecule has 0 aliphatic carbocycles. The summed E-state index contributed by atoms with van der Waals surface area (Å²) in [5, 5.41) is 1.21. The number of halogens is 1.